The highest BCUT2D eigenvalue weighted by molar-refractivity contribution is 8.00. The second-order valence-corrected chi connectivity index (χ2v) is 6.60. The maximum atomic E-state index is 5.91. The van der Waals surface area contributed by atoms with Crippen LogP contribution in [0.1, 0.15) is 32.1 Å². The van der Waals surface area contributed by atoms with E-state index in [9.17, 15) is 0 Å². The van der Waals surface area contributed by atoms with E-state index in [4.69, 9.17) is 17.3 Å². The number of nitrogens with two attached hydrogens (primary N) is 1. The lowest BCUT2D eigenvalue weighted by Gasteiger charge is -2.36. The van der Waals surface area contributed by atoms with Crippen molar-refractivity contribution in [1.82, 2.24) is 4.98 Å². The number of nitrogen functional groups attached to an aromatic ring is 1. The van der Waals surface area contributed by atoms with Gasteiger partial charge in [0.1, 0.15) is 5.82 Å². The van der Waals surface area contributed by atoms with Crippen LogP contribution in [0.3, 0.4) is 0 Å². The first-order chi connectivity index (χ1) is 8.65. The molecule has 1 aliphatic carbocycles. The van der Waals surface area contributed by atoms with Gasteiger partial charge in [0.15, 0.2) is 0 Å². The van der Waals surface area contributed by atoms with Crippen molar-refractivity contribution in [1.29, 1.82) is 0 Å². The number of thioether (sulfide) groups is 1. The van der Waals surface area contributed by atoms with Crippen LogP contribution in [0.25, 0.3) is 0 Å². The Labute approximate surface area is 118 Å². The van der Waals surface area contributed by atoms with Crippen molar-refractivity contribution in [2.24, 2.45) is 0 Å². The highest BCUT2D eigenvalue weighted by atomic mass is 35.5. The van der Waals surface area contributed by atoms with Crippen LogP contribution >= 0.6 is 23.4 Å². The summed E-state index contributed by atoms with van der Waals surface area (Å²) in [7, 11) is 0. The summed E-state index contributed by atoms with van der Waals surface area (Å²) in [5.41, 5.74) is 6.53. The highest BCUT2D eigenvalue weighted by Gasteiger charge is 2.31. The second-order valence-electron chi connectivity index (χ2n) is 4.89. The fourth-order valence-electron chi connectivity index (χ4n) is 2.50. The van der Waals surface area contributed by atoms with E-state index >= 15 is 0 Å². The molecule has 1 aliphatic rings. The van der Waals surface area contributed by atoms with Gasteiger partial charge in [-0.3, -0.25) is 0 Å². The van der Waals surface area contributed by atoms with Gasteiger partial charge >= 0.3 is 0 Å². The summed E-state index contributed by atoms with van der Waals surface area (Å²) >= 11 is 7.81. The van der Waals surface area contributed by atoms with E-state index in [2.05, 4.69) is 16.6 Å². The summed E-state index contributed by atoms with van der Waals surface area (Å²) in [5, 5.41) is 3.97. The molecule has 1 heterocycles. The molecule has 1 fully saturated rings. The summed E-state index contributed by atoms with van der Waals surface area (Å²) in [6.07, 6.45) is 10.4. The van der Waals surface area contributed by atoms with E-state index in [0.717, 1.165) is 12.4 Å². The first-order valence-electron chi connectivity index (χ1n) is 6.35. The number of hydrogen-bond donors (Lipinski definition) is 2. The molecule has 0 atom stereocenters. The normalized spacial score (nSPS) is 18.6. The quantitative estimate of drug-likeness (QED) is 0.884. The maximum absolute atomic E-state index is 5.91. The zero-order valence-corrected chi connectivity index (χ0v) is 12.3. The van der Waals surface area contributed by atoms with Gasteiger partial charge in [0, 0.05) is 17.5 Å². The van der Waals surface area contributed by atoms with Crippen molar-refractivity contribution < 1.29 is 0 Å². The predicted molar refractivity (Wildman–Crippen MR) is 81.5 cm³/mol. The molecule has 3 nitrogen and oxygen atoms in total. The molecule has 1 aromatic rings. The molecule has 0 amide bonds. The van der Waals surface area contributed by atoms with Gasteiger partial charge in [0.2, 0.25) is 0 Å². The minimum Gasteiger partial charge on any atom is -0.396 e. The van der Waals surface area contributed by atoms with Crippen LogP contribution in [0.4, 0.5) is 11.5 Å². The van der Waals surface area contributed by atoms with Gasteiger partial charge in [0.05, 0.1) is 10.7 Å². The van der Waals surface area contributed by atoms with Gasteiger partial charge in [-0.1, -0.05) is 30.9 Å². The highest BCUT2D eigenvalue weighted by Crippen LogP contribution is 2.38. The third kappa shape index (κ3) is 3.23. The summed E-state index contributed by atoms with van der Waals surface area (Å²) in [6, 6.07) is 1.74. The Morgan fingerprint density at radius 3 is 2.78 bits per heavy atom. The zero-order chi connectivity index (χ0) is 13.0. The topological polar surface area (TPSA) is 50.9 Å². The Balaban J connectivity index is 2.01. The Morgan fingerprint density at radius 2 is 2.17 bits per heavy atom. The van der Waals surface area contributed by atoms with Crippen molar-refractivity contribution >= 4 is 34.9 Å². The Hall–Kier alpha value is -0.610. The van der Waals surface area contributed by atoms with Crippen LogP contribution in [0, 0.1) is 0 Å². The standard InChI is InChI=1S/C13H20ClN3S/c1-18-13(5-3-2-4-6-13)9-17-12-11(15)7-10(14)8-16-12/h7-8H,2-6,9,15H2,1H3,(H,16,17). The average molecular weight is 286 g/mol. The number of aromatic nitrogens is 1. The van der Waals surface area contributed by atoms with Gasteiger partial charge in [-0.2, -0.15) is 11.8 Å². The smallest absolute Gasteiger partial charge is 0.149 e. The molecule has 5 heteroatoms. The SMILES string of the molecule is CSC1(CNc2ncc(Cl)cc2N)CCCCC1. The Bertz CT molecular complexity index is 405. The average Bonchev–Trinajstić information content (AvgIpc) is 2.39. The fourth-order valence-corrected chi connectivity index (χ4v) is 3.58. The van der Waals surface area contributed by atoms with Crippen molar-refractivity contribution in [2.75, 3.05) is 23.9 Å². The lowest BCUT2D eigenvalue weighted by Crippen LogP contribution is -2.35. The molecule has 0 unspecified atom stereocenters. The summed E-state index contributed by atoms with van der Waals surface area (Å²) in [4.78, 5) is 4.25. The molecule has 2 rings (SSSR count). The van der Waals surface area contributed by atoms with Crippen LogP contribution in [-0.4, -0.2) is 22.5 Å². The number of pyridine rings is 1. The molecule has 18 heavy (non-hydrogen) atoms. The second kappa shape index (κ2) is 6.02. The fraction of sp³-hybridized carbons (Fsp3) is 0.615. The van der Waals surface area contributed by atoms with Gasteiger partial charge in [-0.25, -0.2) is 4.98 Å². The summed E-state index contributed by atoms with van der Waals surface area (Å²) in [5.74, 6) is 0.749. The minimum absolute atomic E-state index is 0.339. The molecule has 1 aromatic heterocycles. The summed E-state index contributed by atoms with van der Waals surface area (Å²) < 4.78 is 0.339. The number of anilines is 2. The Kier molecular flexibility index (Phi) is 4.62. The van der Waals surface area contributed by atoms with Crippen molar-refractivity contribution in [3.8, 4) is 0 Å². The lowest BCUT2D eigenvalue weighted by atomic mass is 9.88. The van der Waals surface area contributed by atoms with E-state index in [0.29, 0.717) is 15.5 Å². The molecule has 1 saturated carbocycles. The van der Waals surface area contributed by atoms with Crippen LogP contribution in [0.15, 0.2) is 12.3 Å². The molecule has 0 bridgehead atoms. The van der Waals surface area contributed by atoms with Crippen molar-refractivity contribution in [3.63, 3.8) is 0 Å². The van der Waals surface area contributed by atoms with Crippen LogP contribution < -0.4 is 11.1 Å². The number of nitrogens with zero attached hydrogens (tertiary/aromatic N) is 1. The van der Waals surface area contributed by atoms with Crippen molar-refractivity contribution in [3.05, 3.63) is 17.3 Å². The van der Waals surface area contributed by atoms with E-state index < -0.39 is 0 Å². The number of halogens is 1. The monoisotopic (exact) mass is 285 g/mol. The molecule has 0 aliphatic heterocycles. The molecule has 0 aromatic carbocycles. The van der Waals surface area contributed by atoms with E-state index in [1.54, 1.807) is 12.3 Å². The maximum Gasteiger partial charge on any atom is 0.149 e. The third-order valence-corrected chi connectivity index (χ3v) is 5.28. The molecule has 3 N–H and O–H groups in total. The predicted octanol–water partition coefficient (Wildman–Crippen LogP) is 3.80. The van der Waals surface area contributed by atoms with Gasteiger partial charge in [-0.05, 0) is 25.2 Å². The van der Waals surface area contributed by atoms with Crippen LogP contribution in [-0.2, 0) is 0 Å². The lowest BCUT2D eigenvalue weighted by molar-refractivity contribution is 0.411. The number of rotatable bonds is 4. The van der Waals surface area contributed by atoms with E-state index in [-0.39, 0.29) is 0 Å². The summed E-state index contributed by atoms with van der Waals surface area (Å²) in [6.45, 7) is 0.924. The largest absolute Gasteiger partial charge is 0.396 e. The number of nitrogens with one attached hydrogen (secondary N) is 1. The molecule has 0 radical (unpaired) electrons. The zero-order valence-electron chi connectivity index (χ0n) is 10.7. The first kappa shape index (κ1) is 13.8. The van der Waals surface area contributed by atoms with Crippen LogP contribution in [0.2, 0.25) is 5.02 Å². The van der Waals surface area contributed by atoms with E-state index in [1.165, 1.54) is 32.1 Å². The molecule has 0 saturated heterocycles. The molecule has 100 valence electrons. The number of hydrogen-bond acceptors (Lipinski definition) is 4. The van der Waals surface area contributed by atoms with E-state index in [1.807, 2.05) is 11.8 Å². The van der Waals surface area contributed by atoms with Crippen LogP contribution in [0.5, 0.6) is 0 Å². The van der Waals surface area contributed by atoms with Gasteiger partial charge in [-0.15, -0.1) is 0 Å². The first-order valence-corrected chi connectivity index (χ1v) is 7.95. The Morgan fingerprint density at radius 1 is 1.44 bits per heavy atom. The third-order valence-electron chi connectivity index (χ3n) is 3.66. The molecular formula is C13H20ClN3S. The van der Waals surface area contributed by atoms with Gasteiger partial charge < -0.3 is 11.1 Å². The molecular weight excluding hydrogens is 266 g/mol. The minimum atomic E-state index is 0.339. The van der Waals surface area contributed by atoms with Crippen molar-refractivity contribution in [2.45, 2.75) is 36.9 Å². The van der Waals surface area contributed by atoms with Gasteiger partial charge in [0.25, 0.3) is 0 Å². The molecule has 0 spiro atoms.